The molecule has 0 aliphatic carbocycles. The highest BCUT2D eigenvalue weighted by molar-refractivity contribution is 7.70. The van der Waals surface area contributed by atoms with Gasteiger partial charge in [-0.1, -0.05) is 41.5 Å². The Kier molecular flexibility index (Phi) is 7.63. The van der Waals surface area contributed by atoms with Crippen LogP contribution in [0.3, 0.4) is 0 Å². The molecule has 0 fully saturated rings. The molecule has 0 unspecified atom stereocenters. The van der Waals surface area contributed by atoms with Crippen LogP contribution in [0.2, 0.25) is 0 Å². The summed E-state index contributed by atoms with van der Waals surface area (Å²) in [6, 6.07) is 10.2. The van der Waals surface area contributed by atoms with Crippen LogP contribution >= 0.6 is 15.2 Å². The summed E-state index contributed by atoms with van der Waals surface area (Å²) in [6.45, 7) is 4.61. The van der Waals surface area contributed by atoms with Gasteiger partial charge in [-0.3, -0.25) is 9.13 Å². The molecule has 0 aliphatic rings. The Morgan fingerprint density at radius 2 is 1.64 bits per heavy atom. The maximum absolute atomic E-state index is 11.3. The van der Waals surface area contributed by atoms with Crippen LogP contribution in [-0.4, -0.2) is 29.5 Å². The van der Waals surface area contributed by atoms with Crippen LogP contribution in [-0.2, 0) is 15.7 Å². The molecule has 0 bridgehead atoms. The molecule has 1 aromatic carbocycles. The molecule has 7 nitrogen and oxygen atoms in total. The molecule has 1 heterocycles. The zero-order chi connectivity index (χ0) is 20.9. The normalized spacial score (nSPS) is 14.2. The number of benzene rings is 1. The summed E-state index contributed by atoms with van der Waals surface area (Å²) in [5.41, 5.74) is 3.20. The third-order valence-corrected chi connectivity index (χ3v) is 8.36. The lowest BCUT2D eigenvalue weighted by Gasteiger charge is -2.18. The van der Waals surface area contributed by atoms with Crippen molar-refractivity contribution in [2.24, 2.45) is 0 Å². The molecule has 0 saturated carbocycles. The number of aromatic nitrogens is 1. The van der Waals surface area contributed by atoms with Gasteiger partial charge >= 0.3 is 15.2 Å². The van der Waals surface area contributed by atoms with Crippen molar-refractivity contribution in [2.45, 2.75) is 45.1 Å². The van der Waals surface area contributed by atoms with Crippen molar-refractivity contribution in [3.8, 4) is 0 Å². The maximum Gasteiger partial charge on any atom is 0.341 e. The van der Waals surface area contributed by atoms with Crippen LogP contribution in [0.4, 0.5) is 0 Å². The fourth-order valence-electron chi connectivity index (χ4n) is 3.04. The Balaban J connectivity index is 1.92. The van der Waals surface area contributed by atoms with Crippen LogP contribution < -0.4 is 0 Å². The first-order valence-corrected chi connectivity index (χ1v) is 12.3. The predicted octanol–water partition coefficient (Wildman–Crippen LogP) is 4.39. The molecule has 0 spiro atoms. The lowest BCUT2D eigenvalue weighted by molar-refractivity contribution is 0.338. The Morgan fingerprint density at radius 1 is 1.00 bits per heavy atom. The van der Waals surface area contributed by atoms with Gasteiger partial charge in [-0.15, -0.1) is 0 Å². The van der Waals surface area contributed by atoms with E-state index in [1.165, 1.54) is 22.6 Å². The third-order valence-electron chi connectivity index (χ3n) is 4.59. The summed E-state index contributed by atoms with van der Waals surface area (Å²) in [7, 11) is -9.74. The summed E-state index contributed by atoms with van der Waals surface area (Å²) in [5, 5.41) is -0.784. The van der Waals surface area contributed by atoms with Crippen LogP contribution in [0.5, 0.6) is 0 Å². The Bertz CT molecular complexity index is 944. The molecule has 0 radical (unpaired) electrons. The Hall–Kier alpha value is -1.46. The first-order chi connectivity index (χ1) is 13.0. The largest absolute Gasteiger partial charge is 0.343 e. The highest BCUT2D eigenvalue weighted by Gasteiger charge is 2.42. The molecular formula is C19H27NO6P2. The van der Waals surface area contributed by atoms with Gasteiger partial charge in [-0.25, -0.2) is 0 Å². The topological polar surface area (TPSA) is 120 Å². The van der Waals surface area contributed by atoms with E-state index in [0.29, 0.717) is 6.42 Å². The van der Waals surface area contributed by atoms with E-state index in [2.05, 4.69) is 35.0 Å². The molecule has 28 heavy (non-hydrogen) atoms. The van der Waals surface area contributed by atoms with E-state index in [-0.39, 0.29) is 6.42 Å². The molecule has 2 aromatic rings. The smallest absolute Gasteiger partial charge is 0.341 e. The molecule has 0 saturated heterocycles. The molecule has 154 valence electrons. The lowest BCUT2D eigenvalue weighted by atomic mass is 10.1. The fraction of sp³-hybridized carbons (Fsp3) is 0.368. The number of allylic oxidation sites excluding steroid dienone is 4. The van der Waals surface area contributed by atoms with Gasteiger partial charge in [-0.05, 0) is 50.6 Å². The van der Waals surface area contributed by atoms with E-state index >= 15 is 0 Å². The van der Waals surface area contributed by atoms with E-state index in [1.54, 1.807) is 6.92 Å². The van der Waals surface area contributed by atoms with E-state index in [1.807, 2.05) is 19.1 Å². The minimum Gasteiger partial charge on any atom is -0.343 e. The van der Waals surface area contributed by atoms with Crippen LogP contribution in [0.1, 0.15) is 33.1 Å². The molecule has 2 rings (SSSR count). The molecule has 0 atom stereocenters. The molecule has 1 aromatic heterocycles. The number of nitrogens with zero attached hydrogens (tertiary/aromatic N) is 1. The zero-order valence-electron chi connectivity index (χ0n) is 16.0. The first-order valence-electron chi connectivity index (χ1n) is 8.94. The lowest BCUT2D eigenvalue weighted by Crippen LogP contribution is -2.08. The molecule has 4 N–H and O–H groups in total. The summed E-state index contributed by atoms with van der Waals surface area (Å²) in [5.74, 6) is 0. The molecule has 0 aliphatic heterocycles. The van der Waals surface area contributed by atoms with Gasteiger partial charge in [0.25, 0.3) is 0 Å². The summed E-state index contributed by atoms with van der Waals surface area (Å²) >= 11 is 0. The summed E-state index contributed by atoms with van der Waals surface area (Å²) in [6.07, 6.45) is 6.71. The van der Waals surface area contributed by atoms with Crippen molar-refractivity contribution >= 4 is 26.1 Å². The van der Waals surface area contributed by atoms with Crippen molar-refractivity contribution in [1.82, 2.24) is 4.57 Å². The van der Waals surface area contributed by atoms with Gasteiger partial charge in [0.15, 0.2) is 5.40 Å². The molecule has 0 amide bonds. The van der Waals surface area contributed by atoms with E-state index in [0.717, 1.165) is 18.5 Å². The molecular weight excluding hydrogens is 400 g/mol. The van der Waals surface area contributed by atoms with Crippen molar-refractivity contribution < 1.29 is 28.7 Å². The Morgan fingerprint density at radius 3 is 2.29 bits per heavy atom. The van der Waals surface area contributed by atoms with Crippen LogP contribution in [0.25, 0.3) is 10.9 Å². The fourth-order valence-corrected chi connectivity index (χ4v) is 5.36. The second-order valence-corrected chi connectivity index (χ2v) is 11.0. The SMILES string of the molecule is C/C(=C\CC(P(=O)(O)O)P(=O)(O)O)CC/C=C(\C)Cn1ccc2ccccc21. The summed E-state index contributed by atoms with van der Waals surface area (Å²) < 4.78 is 24.8. The van der Waals surface area contributed by atoms with E-state index in [4.69, 9.17) is 19.6 Å². The second kappa shape index (κ2) is 9.36. The van der Waals surface area contributed by atoms with Gasteiger partial charge in [0.1, 0.15) is 0 Å². The monoisotopic (exact) mass is 427 g/mol. The number of fused-ring (bicyclic) bond motifs is 1. The van der Waals surface area contributed by atoms with Gasteiger partial charge in [0.2, 0.25) is 0 Å². The number of hydrogen-bond acceptors (Lipinski definition) is 2. The van der Waals surface area contributed by atoms with Crippen molar-refractivity contribution in [1.29, 1.82) is 0 Å². The number of hydrogen-bond donors (Lipinski definition) is 4. The van der Waals surface area contributed by atoms with Gasteiger partial charge < -0.3 is 24.1 Å². The number of rotatable bonds is 9. The van der Waals surface area contributed by atoms with Crippen LogP contribution in [0.15, 0.2) is 59.8 Å². The number of para-hydroxylation sites is 1. The van der Waals surface area contributed by atoms with Crippen molar-refractivity contribution in [3.63, 3.8) is 0 Å². The third kappa shape index (κ3) is 6.56. The van der Waals surface area contributed by atoms with Crippen molar-refractivity contribution in [2.75, 3.05) is 0 Å². The van der Waals surface area contributed by atoms with Gasteiger partial charge in [0, 0.05) is 18.3 Å². The quantitative estimate of drug-likeness (QED) is 0.348. The zero-order valence-corrected chi connectivity index (χ0v) is 17.8. The van der Waals surface area contributed by atoms with Gasteiger partial charge in [-0.2, -0.15) is 0 Å². The Labute approximate surface area is 164 Å². The minimum absolute atomic E-state index is 0.349. The standard InChI is InChI=1S/C19H27NO6P2/c1-15(10-11-19(27(21,22)23)28(24,25)26)6-5-7-16(2)14-20-13-12-17-8-3-4-9-18(17)20/h3-4,7-10,12-13,19H,5-6,11,14H2,1-2H3,(H2,21,22,23)(H2,24,25,26)/b15-10+,16-7+. The van der Waals surface area contributed by atoms with Gasteiger partial charge in [0.05, 0.1) is 0 Å². The highest BCUT2D eigenvalue weighted by atomic mass is 31.2. The summed E-state index contributed by atoms with van der Waals surface area (Å²) in [4.78, 5) is 36.6. The van der Waals surface area contributed by atoms with E-state index < -0.39 is 20.6 Å². The average molecular weight is 427 g/mol. The minimum atomic E-state index is -4.87. The predicted molar refractivity (Wildman–Crippen MR) is 111 cm³/mol. The van der Waals surface area contributed by atoms with Crippen molar-refractivity contribution in [3.05, 3.63) is 59.8 Å². The second-order valence-electron chi connectivity index (χ2n) is 7.04. The molecule has 9 heteroatoms. The average Bonchev–Trinajstić information content (AvgIpc) is 2.95. The van der Waals surface area contributed by atoms with Crippen LogP contribution in [0, 0.1) is 0 Å². The maximum atomic E-state index is 11.3. The highest BCUT2D eigenvalue weighted by Crippen LogP contribution is 2.61. The first kappa shape index (κ1) is 22.8. The van der Waals surface area contributed by atoms with E-state index in [9.17, 15) is 9.13 Å².